The number of oxazole rings is 1. The van der Waals surface area contributed by atoms with Crippen LogP contribution < -0.4 is 20.7 Å². The van der Waals surface area contributed by atoms with Crippen LogP contribution in [-0.2, 0) is 23.1 Å². The van der Waals surface area contributed by atoms with E-state index in [1.54, 1.807) is 49.6 Å². The maximum atomic E-state index is 12.7. The summed E-state index contributed by atoms with van der Waals surface area (Å²) >= 11 is 0. The number of aryl methyl sites for hydroxylation is 2. The summed E-state index contributed by atoms with van der Waals surface area (Å²) in [7, 11) is 3.21. The highest BCUT2D eigenvalue weighted by Gasteiger charge is 2.25. The van der Waals surface area contributed by atoms with Crippen molar-refractivity contribution in [2.24, 2.45) is 7.05 Å². The van der Waals surface area contributed by atoms with E-state index in [9.17, 15) is 14.4 Å². The van der Waals surface area contributed by atoms with Gasteiger partial charge in [0.25, 0.3) is 5.91 Å². The molecule has 11 nitrogen and oxygen atoms in total. The van der Waals surface area contributed by atoms with Crippen LogP contribution in [0.1, 0.15) is 35.6 Å². The lowest BCUT2D eigenvalue weighted by atomic mass is 9.94. The van der Waals surface area contributed by atoms with Crippen LogP contribution in [0.2, 0.25) is 0 Å². The first kappa shape index (κ1) is 27.1. The Morgan fingerprint density at radius 2 is 1.72 bits per heavy atom. The van der Waals surface area contributed by atoms with Crippen molar-refractivity contribution in [3.63, 3.8) is 0 Å². The summed E-state index contributed by atoms with van der Waals surface area (Å²) in [5.41, 5.74) is 3.11. The Hall–Kier alpha value is -4.93. The first-order valence-electron chi connectivity index (χ1n) is 12.2. The summed E-state index contributed by atoms with van der Waals surface area (Å²) in [5.74, 6) is -0.854. The van der Waals surface area contributed by atoms with Crippen molar-refractivity contribution in [3.8, 4) is 17.1 Å². The molecule has 0 aliphatic carbocycles. The molecule has 0 spiro atoms. The Balaban J connectivity index is 1.33. The van der Waals surface area contributed by atoms with Gasteiger partial charge in [-0.05, 0) is 63.1 Å². The topological polar surface area (TPSA) is 140 Å². The summed E-state index contributed by atoms with van der Waals surface area (Å²) in [5, 5.41) is 12.4. The zero-order valence-electron chi connectivity index (χ0n) is 22.4. The first-order valence-corrected chi connectivity index (χ1v) is 12.2. The minimum atomic E-state index is -0.805. The molecule has 2 heterocycles. The van der Waals surface area contributed by atoms with E-state index in [0.29, 0.717) is 40.6 Å². The number of carbonyl (C=O) groups excluding carboxylic acids is 3. The number of rotatable bonds is 8. The van der Waals surface area contributed by atoms with Gasteiger partial charge in [0.1, 0.15) is 11.4 Å². The molecular formula is C28H30N6O5. The second-order valence-corrected chi connectivity index (χ2v) is 9.70. The SMILES string of the molecule is COc1cc(NC(=O)C(=O)NC(C)(C)Cc2ccc(NC(=O)c3cc(C)nn3C)cc2)ccc1-c1cnco1. The third-order valence-electron chi connectivity index (χ3n) is 5.91. The molecule has 0 aliphatic rings. The van der Waals surface area contributed by atoms with Crippen molar-refractivity contribution in [1.82, 2.24) is 20.1 Å². The Morgan fingerprint density at radius 3 is 2.33 bits per heavy atom. The van der Waals surface area contributed by atoms with Crippen molar-refractivity contribution < 1.29 is 23.5 Å². The number of hydrogen-bond donors (Lipinski definition) is 3. The molecule has 2 aromatic heterocycles. The molecule has 11 heteroatoms. The van der Waals surface area contributed by atoms with Crippen LogP contribution in [0, 0.1) is 6.92 Å². The van der Waals surface area contributed by atoms with Crippen LogP contribution in [0.4, 0.5) is 11.4 Å². The highest BCUT2D eigenvalue weighted by molar-refractivity contribution is 6.39. The van der Waals surface area contributed by atoms with E-state index >= 15 is 0 Å². The van der Waals surface area contributed by atoms with Crippen LogP contribution in [0.3, 0.4) is 0 Å². The number of carbonyl (C=O) groups is 3. The maximum Gasteiger partial charge on any atom is 0.313 e. The third-order valence-corrected chi connectivity index (χ3v) is 5.91. The second-order valence-electron chi connectivity index (χ2n) is 9.70. The standard InChI is InChI=1S/C28H30N6O5/c1-17-12-22(34(4)33-17)25(35)30-19-8-6-18(7-9-19)14-28(2,3)32-27(37)26(36)31-20-10-11-21(23(13-20)38-5)24-15-29-16-39-24/h6-13,15-16H,14H2,1-5H3,(H,30,35)(H,31,36)(H,32,37). The van der Waals surface area contributed by atoms with Gasteiger partial charge in [-0.3, -0.25) is 19.1 Å². The van der Waals surface area contributed by atoms with Gasteiger partial charge >= 0.3 is 11.8 Å². The summed E-state index contributed by atoms with van der Waals surface area (Å²) in [6.07, 6.45) is 3.33. The van der Waals surface area contributed by atoms with E-state index in [-0.39, 0.29) is 5.91 Å². The normalized spacial score (nSPS) is 11.1. The molecule has 202 valence electrons. The summed E-state index contributed by atoms with van der Waals surface area (Å²) in [6, 6.07) is 14.0. The average molecular weight is 531 g/mol. The molecule has 3 N–H and O–H groups in total. The van der Waals surface area contributed by atoms with E-state index in [1.807, 2.05) is 32.9 Å². The van der Waals surface area contributed by atoms with E-state index in [0.717, 1.165) is 11.3 Å². The Kier molecular flexibility index (Phi) is 7.80. The van der Waals surface area contributed by atoms with Crippen LogP contribution >= 0.6 is 0 Å². The number of nitrogens with zero attached hydrogens (tertiary/aromatic N) is 3. The van der Waals surface area contributed by atoms with Crippen LogP contribution in [-0.4, -0.2) is 45.1 Å². The molecule has 0 unspecified atom stereocenters. The molecular weight excluding hydrogens is 500 g/mol. The van der Waals surface area contributed by atoms with Crippen molar-refractivity contribution in [3.05, 3.63) is 78.1 Å². The molecule has 0 radical (unpaired) electrons. The van der Waals surface area contributed by atoms with Gasteiger partial charge in [0, 0.05) is 30.0 Å². The minimum absolute atomic E-state index is 0.255. The number of nitrogens with one attached hydrogen (secondary N) is 3. The average Bonchev–Trinajstić information content (AvgIpc) is 3.54. The molecule has 0 bridgehead atoms. The third kappa shape index (κ3) is 6.69. The van der Waals surface area contributed by atoms with Crippen molar-refractivity contribution >= 4 is 29.1 Å². The highest BCUT2D eigenvalue weighted by Crippen LogP contribution is 2.32. The van der Waals surface area contributed by atoms with Crippen molar-refractivity contribution in [1.29, 1.82) is 0 Å². The summed E-state index contributed by atoms with van der Waals surface area (Å²) in [4.78, 5) is 41.7. The fourth-order valence-corrected chi connectivity index (χ4v) is 4.15. The Labute approximate surface area is 225 Å². The maximum absolute atomic E-state index is 12.7. The van der Waals surface area contributed by atoms with Gasteiger partial charge in [-0.1, -0.05) is 12.1 Å². The van der Waals surface area contributed by atoms with Crippen LogP contribution in [0.15, 0.2) is 65.5 Å². The van der Waals surface area contributed by atoms with Crippen LogP contribution in [0.5, 0.6) is 5.75 Å². The molecule has 0 saturated carbocycles. The zero-order valence-corrected chi connectivity index (χ0v) is 22.4. The molecule has 0 fully saturated rings. The van der Waals surface area contributed by atoms with Gasteiger partial charge in [0.2, 0.25) is 0 Å². The minimum Gasteiger partial charge on any atom is -0.496 e. The van der Waals surface area contributed by atoms with Gasteiger partial charge in [-0.2, -0.15) is 5.10 Å². The summed E-state index contributed by atoms with van der Waals surface area (Å²) in [6.45, 7) is 5.48. The monoisotopic (exact) mass is 530 g/mol. The zero-order chi connectivity index (χ0) is 28.2. The summed E-state index contributed by atoms with van der Waals surface area (Å²) < 4.78 is 12.2. The quantitative estimate of drug-likeness (QED) is 0.295. The number of amides is 3. The largest absolute Gasteiger partial charge is 0.496 e. The lowest BCUT2D eigenvalue weighted by molar-refractivity contribution is -0.137. The molecule has 3 amide bonds. The number of hydrogen-bond acceptors (Lipinski definition) is 7. The number of benzene rings is 2. The highest BCUT2D eigenvalue weighted by atomic mass is 16.5. The van der Waals surface area contributed by atoms with E-state index < -0.39 is 17.4 Å². The molecule has 0 aliphatic heterocycles. The van der Waals surface area contributed by atoms with E-state index in [1.165, 1.54) is 18.2 Å². The van der Waals surface area contributed by atoms with Crippen LogP contribution in [0.25, 0.3) is 11.3 Å². The van der Waals surface area contributed by atoms with Gasteiger partial charge < -0.3 is 25.1 Å². The van der Waals surface area contributed by atoms with Gasteiger partial charge in [0.05, 0.1) is 24.6 Å². The molecule has 0 atom stereocenters. The van der Waals surface area contributed by atoms with Crippen molar-refractivity contribution in [2.45, 2.75) is 32.7 Å². The number of aromatic nitrogens is 3. The number of methoxy groups -OCH3 is 1. The van der Waals surface area contributed by atoms with Crippen molar-refractivity contribution in [2.75, 3.05) is 17.7 Å². The lowest BCUT2D eigenvalue weighted by Gasteiger charge is -2.26. The predicted molar refractivity (Wildman–Crippen MR) is 145 cm³/mol. The smallest absolute Gasteiger partial charge is 0.313 e. The van der Waals surface area contributed by atoms with E-state index in [2.05, 4.69) is 26.0 Å². The molecule has 4 rings (SSSR count). The predicted octanol–water partition coefficient (Wildman–Crippen LogP) is 3.72. The fourth-order valence-electron chi connectivity index (χ4n) is 4.15. The molecule has 2 aromatic carbocycles. The Morgan fingerprint density at radius 1 is 1.00 bits per heavy atom. The fraction of sp³-hybridized carbons (Fsp3) is 0.250. The number of anilines is 2. The van der Waals surface area contributed by atoms with Gasteiger partial charge in [-0.15, -0.1) is 0 Å². The first-order chi connectivity index (χ1) is 18.5. The van der Waals surface area contributed by atoms with E-state index in [4.69, 9.17) is 9.15 Å². The Bertz CT molecular complexity index is 1490. The second kappa shape index (κ2) is 11.2. The van der Waals surface area contributed by atoms with Gasteiger partial charge in [0.15, 0.2) is 12.2 Å². The lowest BCUT2D eigenvalue weighted by Crippen LogP contribution is -2.49. The molecule has 39 heavy (non-hydrogen) atoms. The number of ether oxygens (including phenoxy) is 1. The molecule has 4 aromatic rings. The molecule has 0 saturated heterocycles. The van der Waals surface area contributed by atoms with Gasteiger partial charge in [-0.25, -0.2) is 4.98 Å².